The van der Waals surface area contributed by atoms with E-state index >= 15 is 0 Å². The predicted molar refractivity (Wildman–Crippen MR) is 63.4 cm³/mol. The van der Waals surface area contributed by atoms with Gasteiger partial charge in [0, 0.05) is 13.1 Å². The van der Waals surface area contributed by atoms with Crippen molar-refractivity contribution in [3.63, 3.8) is 0 Å². The summed E-state index contributed by atoms with van der Waals surface area (Å²) < 4.78 is 31.7. The highest BCUT2D eigenvalue weighted by atomic mass is 32.2. The van der Waals surface area contributed by atoms with Gasteiger partial charge in [-0.25, -0.2) is 8.42 Å². The fourth-order valence-electron chi connectivity index (χ4n) is 2.05. The Labute approximate surface area is 106 Å². The minimum atomic E-state index is -3.63. The molecule has 1 aromatic heterocycles. The molecule has 1 fully saturated rings. The van der Waals surface area contributed by atoms with Gasteiger partial charge in [-0.3, -0.25) is 5.10 Å². The monoisotopic (exact) mass is 275 g/mol. The Morgan fingerprint density at radius 2 is 2.33 bits per heavy atom. The summed E-state index contributed by atoms with van der Waals surface area (Å²) in [6.45, 7) is 4.07. The zero-order chi connectivity index (χ0) is 13.3. The van der Waals surface area contributed by atoms with Crippen molar-refractivity contribution in [3.8, 4) is 0 Å². The van der Waals surface area contributed by atoms with Crippen LogP contribution in [-0.2, 0) is 21.4 Å². The van der Waals surface area contributed by atoms with E-state index in [-0.39, 0.29) is 16.7 Å². The molecule has 8 heteroatoms. The van der Waals surface area contributed by atoms with E-state index in [2.05, 4.69) is 10.2 Å². The van der Waals surface area contributed by atoms with Crippen molar-refractivity contribution in [2.24, 2.45) is 0 Å². The van der Waals surface area contributed by atoms with Crippen LogP contribution in [-0.4, -0.2) is 53.8 Å². The number of aromatic amines is 1. The maximum Gasteiger partial charge on any atom is 0.247 e. The van der Waals surface area contributed by atoms with E-state index in [9.17, 15) is 8.42 Å². The van der Waals surface area contributed by atoms with Gasteiger partial charge >= 0.3 is 0 Å². The normalized spacial score (nSPS) is 22.3. The number of hydrogen-bond acceptors (Lipinski definition) is 5. The van der Waals surface area contributed by atoms with Gasteiger partial charge in [-0.2, -0.15) is 9.40 Å². The molecule has 0 amide bonds. The lowest BCUT2D eigenvalue weighted by atomic mass is 10.3. The molecule has 18 heavy (non-hydrogen) atoms. The highest BCUT2D eigenvalue weighted by molar-refractivity contribution is 7.89. The van der Waals surface area contributed by atoms with Gasteiger partial charge in [-0.15, -0.1) is 0 Å². The first kappa shape index (κ1) is 13.5. The highest BCUT2D eigenvalue weighted by Crippen LogP contribution is 2.23. The van der Waals surface area contributed by atoms with Crippen LogP contribution in [0.15, 0.2) is 4.90 Å². The van der Waals surface area contributed by atoms with Crippen LogP contribution in [0.5, 0.6) is 0 Å². The Hall–Kier alpha value is -0.960. The first-order valence-corrected chi connectivity index (χ1v) is 7.17. The molecule has 0 spiro atoms. The number of ether oxygens (including phenoxy) is 1. The summed E-state index contributed by atoms with van der Waals surface area (Å²) >= 11 is 0. The molecule has 1 unspecified atom stereocenters. The average Bonchev–Trinajstić information content (AvgIpc) is 2.71. The van der Waals surface area contributed by atoms with Crippen molar-refractivity contribution in [3.05, 3.63) is 11.4 Å². The van der Waals surface area contributed by atoms with E-state index in [1.807, 2.05) is 6.92 Å². The summed E-state index contributed by atoms with van der Waals surface area (Å²) in [4.78, 5) is 0.0825. The van der Waals surface area contributed by atoms with Crippen LogP contribution in [0.1, 0.15) is 18.3 Å². The third-order valence-electron chi connectivity index (χ3n) is 2.91. The molecule has 102 valence electrons. The second kappa shape index (κ2) is 4.96. The summed E-state index contributed by atoms with van der Waals surface area (Å²) in [5.41, 5.74) is 0.602. The topological polar surface area (TPSA) is 95.5 Å². The fourth-order valence-corrected chi connectivity index (χ4v) is 3.87. The average molecular weight is 275 g/mol. The molecule has 7 nitrogen and oxygen atoms in total. The first-order chi connectivity index (χ1) is 8.46. The maximum atomic E-state index is 12.5. The Kier molecular flexibility index (Phi) is 3.71. The third kappa shape index (κ3) is 2.28. The summed E-state index contributed by atoms with van der Waals surface area (Å²) in [5, 5.41) is 15.6. The molecule has 1 aromatic rings. The Bertz CT molecular complexity index is 525. The first-order valence-electron chi connectivity index (χ1n) is 5.73. The van der Waals surface area contributed by atoms with E-state index < -0.39 is 16.6 Å². The number of morpholine rings is 1. The van der Waals surface area contributed by atoms with E-state index in [1.54, 1.807) is 6.92 Å². The van der Waals surface area contributed by atoms with Crippen molar-refractivity contribution in [1.29, 1.82) is 0 Å². The van der Waals surface area contributed by atoms with Gasteiger partial charge in [0.25, 0.3) is 0 Å². The number of aliphatic hydroxyl groups excluding tert-OH is 1. The molecule has 0 aliphatic carbocycles. The smallest absolute Gasteiger partial charge is 0.247 e. The molecule has 0 bridgehead atoms. The van der Waals surface area contributed by atoms with E-state index in [0.29, 0.717) is 25.4 Å². The summed E-state index contributed by atoms with van der Waals surface area (Å²) in [7, 11) is -3.63. The second-order valence-corrected chi connectivity index (χ2v) is 6.20. The molecule has 1 atom stereocenters. The largest absolute Gasteiger partial charge is 0.390 e. The number of nitrogens with one attached hydrogen (secondary N) is 1. The van der Waals surface area contributed by atoms with Gasteiger partial charge in [0.1, 0.15) is 10.6 Å². The molecule has 2 rings (SSSR count). The fraction of sp³-hybridized carbons (Fsp3) is 0.700. The lowest BCUT2D eigenvalue weighted by Gasteiger charge is -2.30. The summed E-state index contributed by atoms with van der Waals surface area (Å²) in [5.74, 6) is 0. The zero-order valence-electron chi connectivity index (χ0n) is 10.4. The van der Waals surface area contributed by atoms with Gasteiger partial charge in [0.2, 0.25) is 10.0 Å². The number of nitrogens with zero attached hydrogens (tertiary/aromatic N) is 2. The molecule has 2 N–H and O–H groups in total. The maximum absolute atomic E-state index is 12.5. The van der Waals surface area contributed by atoms with Crippen LogP contribution in [0.2, 0.25) is 0 Å². The lowest BCUT2D eigenvalue weighted by Crippen LogP contribution is -2.44. The molecular weight excluding hydrogens is 258 g/mol. The molecule has 2 heterocycles. The number of aliphatic hydroxyl groups is 1. The number of hydrogen-bond donors (Lipinski definition) is 2. The van der Waals surface area contributed by atoms with Crippen LogP contribution in [0.3, 0.4) is 0 Å². The molecule has 0 radical (unpaired) electrons. The van der Waals surface area contributed by atoms with Crippen LogP contribution in [0.4, 0.5) is 0 Å². The number of sulfonamides is 1. The third-order valence-corrected chi connectivity index (χ3v) is 4.98. The second-order valence-electron chi connectivity index (χ2n) is 4.33. The van der Waals surface area contributed by atoms with Gasteiger partial charge in [-0.05, 0) is 13.8 Å². The minimum absolute atomic E-state index is 0.0825. The summed E-state index contributed by atoms with van der Waals surface area (Å²) in [6, 6.07) is 0. The number of rotatable bonds is 3. The van der Waals surface area contributed by atoms with Crippen molar-refractivity contribution in [2.45, 2.75) is 31.5 Å². The number of aryl methyl sites for hydroxylation is 1. The molecule has 1 saturated heterocycles. The van der Waals surface area contributed by atoms with Gasteiger partial charge in [-0.1, -0.05) is 0 Å². The van der Waals surface area contributed by atoms with Crippen LogP contribution in [0.25, 0.3) is 0 Å². The number of H-pyrrole nitrogens is 1. The van der Waals surface area contributed by atoms with Crippen LogP contribution in [0, 0.1) is 6.92 Å². The predicted octanol–water partition coefficient (Wildman–Crippen LogP) is -0.380. The standard InChI is InChI=1S/C10H17N3O4S/c1-7-5-13(3-4-17-7)18(15,16)10-8(2)11-12-9(10)6-14/h7,14H,3-6H2,1-2H3,(H,11,12). The lowest BCUT2D eigenvalue weighted by molar-refractivity contribution is 0.0101. The van der Waals surface area contributed by atoms with Crippen molar-refractivity contribution >= 4 is 10.0 Å². The van der Waals surface area contributed by atoms with Crippen molar-refractivity contribution in [2.75, 3.05) is 19.7 Å². The van der Waals surface area contributed by atoms with Crippen molar-refractivity contribution < 1.29 is 18.3 Å². The Balaban J connectivity index is 2.38. The van der Waals surface area contributed by atoms with Crippen LogP contribution >= 0.6 is 0 Å². The van der Waals surface area contributed by atoms with E-state index in [0.717, 1.165) is 0 Å². The highest BCUT2D eigenvalue weighted by Gasteiger charge is 2.33. The zero-order valence-corrected chi connectivity index (χ0v) is 11.2. The van der Waals surface area contributed by atoms with Crippen LogP contribution < -0.4 is 0 Å². The van der Waals surface area contributed by atoms with Gasteiger partial charge < -0.3 is 9.84 Å². The number of aromatic nitrogens is 2. The molecule has 0 saturated carbocycles. The summed E-state index contributed by atoms with van der Waals surface area (Å²) in [6.07, 6.45) is -0.127. The Morgan fingerprint density at radius 3 is 2.94 bits per heavy atom. The quantitative estimate of drug-likeness (QED) is 0.784. The van der Waals surface area contributed by atoms with Crippen molar-refractivity contribution in [1.82, 2.24) is 14.5 Å². The van der Waals surface area contributed by atoms with Gasteiger partial charge in [0.05, 0.1) is 25.0 Å². The van der Waals surface area contributed by atoms with E-state index in [1.165, 1.54) is 4.31 Å². The minimum Gasteiger partial charge on any atom is -0.390 e. The molecule has 1 aliphatic heterocycles. The van der Waals surface area contributed by atoms with Gasteiger partial charge in [0.15, 0.2) is 0 Å². The SMILES string of the molecule is Cc1[nH]nc(CO)c1S(=O)(=O)N1CCOC(C)C1. The molecule has 0 aromatic carbocycles. The Morgan fingerprint density at radius 1 is 1.61 bits per heavy atom. The molecular formula is C10H17N3O4S. The van der Waals surface area contributed by atoms with E-state index in [4.69, 9.17) is 9.84 Å². The molecule has 1 aliphatic rings.